The lowest BCUT2D eigenvalue weighted by molar-refractivity contribution is -0.133. The van der Waals surface area contributed by atoms with Gasteiger partial charge in [-0.25, -0.2) is 0 Å². The summed E-state index contributed by atoms with van der Waals surface area (Å²) in [5, 5.41) is 2.08. The highest BCUT2D eigenvalue weighted by Gasteiger charge is 2.31. The van der Waals surface area contributed by atoms with Gasteiger partial charge in [-0.1, -0.05) is 6.07 Å². The third-order valence-electron chi connectivity index (χ3n) is 4.84. The number of thiophene rings is 1. The molecule has 3 heterocycles. The second-order valence-corrected chi connectivity index (χ2v) is 7.38. The lowest BCUT2D eigenvalue weighted by Gasteiger charge is -2.27. The summed E-state index contributed by atoms with van der Waals surface area (Å²) in [6.45, 7) is 6.20. The predicted octanol–water partition coefficient (Wildman–Crippen LogP) is 1.97. The van der Waals surface area contributed by atoms with Crippen LogP contribution in [0, 0.1) is 0 Å². The summed E-state index contributed by atoms with van der Waals surface area (Å²) >= 11 is 1.74. The predicted molar refractivity (Wildman–Crippen MR) is 91.3 cm³/mol. The maximum Gasteiger partial charge on any atom is 0.237 e. The van der Waals surface area contributed by atoms with E-state index >= 15 is 0 Å². The molecular formula is C17H25N3O2S. The van der Waals surface area contributed by atoms with Gasteiger partial charge in [0, 0.05) is 44.5 Å². The number of carbonyl (C=O) groups excluding carboxylic acids is 2. The number of nitrogens with zero attached hydrogens (tertiary/aromatic N) is 3. The molecule has 0 bridgehead atoms. The van der Waals surface area contributed by atoms with E-state index in [2.05, 4.69) is 27.3 Å². The summed E-state index contributed by atoms with van der Waals surface area (Å²) in [4.78, 5) is 31.7. The number of rotatable bonds is 3. The molecular weight excluding hydrogens is 310 g/mol. The number of likely N-dealkylation sites (tertiary alicyclic amines) is 1. The first-order valence-electron chi connectivity index (χ1n) is 8.46. The molecule has 2 fully saturated rings. The fourth-order valence-electron chi connectivity index (χ4n) is 3.57. The normalized spacial score (nSPS) is 23.1. The van der Waals surface area contributed by atoms with Crippen LogP contribution in [0.4, 0.5) is 0 Å². The zero-order chi connectivity index (χ0) is 16.2. The van der Waals surface area contributed by atoms with Gasteiger partial charge < -0.3 is 9.80 Å². The number of hydrogen-bond acceptors (Lipinski definition) is 4. The molecule has 2 aliphatic heterocycles. The molecule has 23 heavy (non-hydrogen) atoms. The van der Waals surface area contributed by atoms with Crippen LogP contribution in [0.15, 0.2) is 17.5 Å². The molecule has 0 N–H and O–H groups in total. The summed E-state index contributed by atoms with van der Waals surface area (Å²) in [5.74, 6) is 0.368. The first-order chi connectivity index (χ1) is 11.1. The fourth-order valence-corrected chi connectivity index (χ4v) is 4.44. The van der Waals surface area contributed by atoms with E-state index in [0.29, 0.717) is 6.54 Å². The van der Waals surface area contributed by atoms with Crippen LogP contribution in [0.3, 0.4) is 0 Å². The highest BCUT2D eigenvalue weighted by atomic mass is 32.1. The number of hydrogen-bond donors (Lipinski definition) is 0. The summed E-state index contributed by atoms with van der Waals surface area (Å²) in [5.41, 5.74) is 0. The largest absolute Gasteiger partial charge is 0.342 e. The van der Waals surface area contributed by atoms with Crippen molar-refractivity contribution in [3.05, 3.63) is 22.4 Å². The van der Waals surface area contributed by atoms with Gasteiger partial charge in [0.1, 0.15) is 0 Å². The Kier molecular flexibility index (Phi) is 5.33. The van der Waals surface area contributed by atoms with Crippen LogP contribution in [0.5, 0.6) is 0 Å². The monoisotopic (exact) mass is 335 g/mol. The molecule has 2 amide bonds. The highest BCUT2D eigenvalue weighted by molar-refractivity contribution is 7.10. The van der Waals surface area contributed by atoms with Crippen LogP contribution in [-0.2, 0) is 9.59 Å². The van der Waals surface area contributed by atoms with Crippen LogP contribution in [-0.4, -0.2) is 65.8 Å². The zero-order valence-electron chi connectivity index (χ0n) is 13.7. The van der Waals surface area contributed by atoms with E-state index in [9.17, 15) is 9.59 Å². The molecule has 0 saturated carbocycles. The van der Waals surface area contributed by atoms with Crippen molar-refractivity contribution in [2.75, 3.05) is 39.3 Å². The van der Waals surface area contributed by atoms with Gasteiger partial charge in [-0.15, -0.1) is 11.3 Å². The first-order valence-corrected chi connectivity index (χ1v) is 9.34. The van der Waals surface area contributed by atoms with Crippen molar-refractivity contribution < 1.29 is 9.59 Å². The second-order valence-electron chi connectivity index (χ2n) is 6.40. The maximum absolute atomic E-state index is 12.8. The molecule has 0 aliphatic carbocycles. The van der Waals surface area contributed by atoms with Crippen molar-refractivity contribution in [1.82, 2.24) is 14.7 Å². The zero-order valence-corrected chi connectivity index (χ0v) is 14.6. The lowest BCUT2D eigenvalue weighted by atomic mass is 10.2. The van der Waals surface area contributed by atoms with Crippen LogP contribution in [0.2, 0.25) is 0 Å². The summed E-state index contributed by atoms with van der Waals surface area (Å²) < 4.78 is 0. The molecule has 1 aromatic rings. The fraction of sp³-hybridized carbons (Fsp3) is 0.647. The summed E-state index contributed by atoms with van der Waals surface area (Å²) in [6.07, 6.45) is 3.11. The minimum atomic E-state index is 0.135. The Bertz CT molecular complexity index is 546. The van der Waals surface area contributed by atoms with Crippen molar-refractivity contribution in [3.63, 3.8) is 0 Å². The van der Waals surface area contributed by atoms with E-state index in [4.69, 9.17) is 0 Å². The van der Waals surface area contributed by atoms with Crippen LogP contribution in [0.1, 0.15) is 37.1 Å². The topological polar surface area (TPSA) is 43.9 Å². The molecule has 0 radical (unpaired) electrons. The molecule has 3 rings (SSSR count). The number of carbonyl (C=O) groups is 2. The van der Waals surface area contributed by atoms with E-state index in [1.165, 1.54) is 4.88 Å². The Morgan fingerprint density at radius 3 is 2.78 bits per heavy atom. The molecule has 1 aromatic heterocycles. The minimum absolute atomic E-state index is 0.135. The van der Waals surface area contributed by atoms with E-state index in [-0.39, 0.29) is 17.9 Å². The third kappa shape index (κ3) is 3.93. The Morgan fingerprint density at radius 2 is 2.04 bits per heavy atom. The van der Waals surface area contributed by atoms with E-state index in [1.54, 1.807) is 18.3 Å². The third-order valence-corrected chi connectivity index (χ3v) is 5.81. The van der Waals surface area contributed by atoms with Gasteiger partial charge in [-0.2, -0.15) is 0 Å². The Balaban J connectivity index is 1.57. The molecule has 126 valence electrons. The summed E-state index contributed by atoms with van der Waals surface area (Å²) in [6, 6.07) is 4.46. The Labute approximate surface area is 141 Å². The van der Waals surface area contributed by atoms with E-state index in [0.717, 1.165) is 52.0 Å². The van der Waals surface area contributed by atoms with Crippen LogP contribution in [0.25, 0.3) is 0 Å². The van der Waals surface area contributed by atoms with E-state index in [1.807, 2.05) is 4.90 Å². The molecule has 1 unspecified atom stereocenters. The van der Waals surface area contributed by atoms with Gasteiger partial charge in [-0.3, -0.25) is 14.5 Å². The maximum atomic E-state index is 12.8. The lowest BCUT2D eigenvalue weighted by Crippen LogP contribution is -2.41. The molecule has 6 heteroatoms. The Hall–Kier alpha value is -1.40. The average molecular weight is 335 g/mol. The second kappa shape index (κ2) is 7.45. The van der Waals surface area contributed by atoms with Crippen molar-refractivity contribution in [2.45, 2.75) is 32.2 Å². The highest BCUT2D eigenvalue weighted by Crippen LogP contribution is 2.34. The van der Waals surface area contributed by atoms with Gasteiger partial charge in [0.15, 0.2) is 0 Å². The molecule has 0 aromatic carbocycles. The van der Waals surface area contributed by atoms with Gasteiger partial charge >= 0.3 is 0 Å². The quantitative estimate of drug-likeness (QED) is 0.848. The van der Waals surface area contributed by atoms with E-state index < -0.39 is 0 Å². The van der Waals surface area contributed by atoms with Crippen molar-refractivity contribution in [3.8, 4) is 0 Å². The molecule has 2 saturated heterocycles. The average Bonchev–Trinajstić information content (AvgIpc) is 3.15. The van der Waals surface area contributed by atoms with Crippen molar-refractivity contribution in [1.29, 1.82) is 0 Å². The van der Waals surface area contributed by atoms with Gasteiger partial charge in [-0.05, 0) is 30.7 Å². The first kappa shape index (κ1) is 16.5. The SMILES string of the molecule is CC(=O)N1CCCN(CC(=O)N2CCCC2c2cccs2)CC1. The smallest absolute Gasteiger partial charge is 0.237 e. The molecule has 2 aliphatic rings. The standard InChI is InChI=1S/C17H25N3O2S/c1-14(21)19-8-4-7-18(10-11-19)13-17(22)20-9-2-5-15(20)16-6-3-12-23-16/h3,6,12,15H,2,4-5,7-11,13H2,1H3. The van der Waals surface area contributed by atoms with Crippen LogP contribution < -0.4 is 0 Å². The van der Waals surface area contributed by atoms with Gasteiger partial charge in [0.05, 0.1) is 12.6 Å². The number of amides is 2. The van der Waals surface area contributed by atoms with Crippen molar-refractivity contribution >= 4 is 23.2 Å². The minimum Gasteiger partial charge on any atom is -0.342 e. The van der Waals surface area contributed by atoms with Gasteiger partial charge in [0.25, 0.3) is 0 Å². The van der Waals surface area contributed by atoms with Crippen LogP contribution >= 0.6 is 11.3 Å². The van der Waals surface area contributed by atoms with Crippen molar-refractivity contribution in [2.24, 2.45) is 0 Å². The molecule has 0 spiro atoms. The Morgan fingerprint density at radius 1 is 1.17 bits per heavy atom. The van der Waals surface area contributed by atoms with Gasteiger partial charge in [0.2, 0.25) is 11.8 Å². The molecule has 1 atom stereocenters. The summed E-state index contributed by atoms with van der Waals surface area (Å²) in [7, 11) is 0. The molecule has 5 nitrogen and oxygen atoms in total.